The van der Waals surface area contributed by atoms with Crippen LogP contribution in [0.1, 0.15) is 64.9 Å². The summed E-state index contributed by atoms with van der Waals surface area (Å²) in [6, 6.07) is 9.45. The molecule has 4 atom stereocenters. The van der Waals surface area contributed by atoms with Gasteiger partial charge in [-0.3, -0.25) is 0 Å². The Bertz CT molecular complexity index is 621. The molecule has 2 fully saturated rings. The van der Waals surface area contributed by atoms with Crippen LogP contribution in [0, 0.1) is 5.92 Å². The topological polar surface area (TPSA) is 71.1 Å². The number of epoxide rings is 1. The Morgan fingerprint density at radius 3 is 2.54 bits per heavy atom. The quantitative estimate of drug-likeness (QED) is 0.685. The zero-order chi connectivity index (χ0) is 20.1. The largest absolute Gasteiger partial charge is 0.444 e. The standard InChI is InChI=1S/C23H35NO4/c1-23(2,3)28-22(26)24-18(14-16-10-6-4-7-11-16)20(25)21-19(27-21)15-17-12-8-5-9-13-17/h4,6-7,10-11,17-21,25H,5,8-9,12-15H2,1-3H3,(H,24,26)/t18-,19+,20-,21-/m0/s1. The average molecular weight is 390 g/mol. The number of hydrogen-bond donors (Lipinski definition) is 2. The number of rotatable bonds is 7. The number of nitrogens with one attached hydrogen (secondary N) is 1. The number of alkyl carbamates (subject to hydrolysis) is 1. The van der Waals surface area contributed by atoms with Gasteiger partial charge < -0.3 is 19.9 Å². The summed E-state index contributed by atoms with van der Waals surface area (Å²) in [5, 5.41) is 13.8. The third-order valence-corrected chi connectivity index (χ3v) is 5.66. The van der Waals surface area contributed by atoms with E-state index >= 15 is 0 Å². The number of carbonyl (C=O) groups is 1. The van der Waals surface area contributed by atoms with Crippen molar-refractivity contribution < 1.29 is 19.4 Å². The van der Waals surface area contributed by atoms with E-state index in [1.54, 1.807) is 0 Å². The second-order valence-electron chi connectivity index (χ2n) is 9.31. The number of aliphatic hydroxyl groups excluding tert-OH is 1. The fraction of sp³-hybridized carbons (Fsp3) is 0.696. The molecule has 1 aromatic rings. The first kappa shape index (κ1) is 21.1. The molecule has 156 valence electrons. The van der Waals surface area contributed by atoms with Gasteiger partial charge >= 0.3 is 6.09 Å². The van der Waals surface area contributed by atoms with E-state index in [4.69, 9.17) is 9.47 Å². The van der Waals surface area contributed by atoms with Crippen LogP contribution in [-0.4, -0.2) is 41.2 Å². The number of aliphatic hydroxyl groups is 1. The minimum Gasteiger partial charge on any atom is -0.444 e. The van der Waals surface area contributed by atoms with Gasteiger partial charge in [0.15, 0.2) is 0 Å². The molecule has 1 aromatic carbocycles. The van der Waals surface area contributed by atoms with Gasteiger partial charge in [0.2, 0.25) is 0 Å². The summed E-state index contributed by atoms with van der Waals surface area (Å²) in [5.74, 6) is 0.710. The summed E-state index contributed by atoms with van der Waals surface area (Å²) in [6.07, 6.45) is 6.71. The van der Waals surface area contributed by atoms with Gasteiger partial charge in [-0.25, -0.2) is 4.79 Å². The van der Waals surface area contributed by atoms with Crippen LogP contribution in [0.4, 0.5) is 4.79 Å². The van der Waals surface area contributed by atoms with Crippen LogP contribution < -0.4 is 5.32 Å². The Morgan fingerprint density at radius 2 is 1.89 bits per heavy atom. The monoisotopic (exact) mass is 389 g/mol. The molecular weight excluding hydrogens is 354 g/mol. The zero-order valence-electron chi connectivity index (χ0n) is 17.4. The van der Waals surface area contributed by atoms with E-state index in [1.807, 2.05) is 51.1 Å². The number of carbonyl (C=O) groups excluding carboxylic acids is 1. The van der Waals surface area contributed by atoms with Crippen LogP contribution in [0.2, 0.25) is 0 Å². The predicted octanol–water partition coefficient (Wildman–Crippen LogP) is 4.22. The van der Waals surface area contributed by atoms with Crippen molar-refractivity contribution in [2.75, 3.05) is 0 Å². The van der Waals surface area contributed by atoms with Gasteiger partial charge in [0.05, 0.1) is 12.1 Å². The smallest absolute Gasteiger partial charge is 0.407 e. The fourth-order valence-corrected chi connectivity index (χ4v) is 4.21. The van der Waals surface area contributed by atoms with Crippen LogP contribution in [-0.2, 0) is 15.9 Å². The summed E-state index contributed by atoms with van der Waals surface area (Å²) in [7, 11) is 0. The van der Waals surface area contributed by atoms with Gasteiger partial charge in [-0.2, -0.15) is 0 Å². The van der Waals surface area contributed by atoms with Crippen molar-refractivity contribution in [2.45, 2.75) is 95.7 Å². The average Bonchev–Trinajstić information content (AvgIpc) is 3.40. The van der Waals surface area contributed by atoms with Crippen LogP contribution in [0.15, 0.2) is 30.3 Å². The predicted molar refractivity (Wildman–Crippen MR) is 109 cm³/mol. The van der Waals surface area contributed by atoms with Gasteiger partial charge in [0.1, 0.15) is 17.8 Å². The molecule has 0 radical (unpaired) electrons. The van der Waals surface area contributed by atoms with Crippen LogP contribution in [0.3, 0.4) is 0 Å². The highest BCUT2D eigenvalue weighted by Crippen LogP contribution is 2.37. The summed E-state index contributed by atoms with van der Waals surface area (Å²) >= 11 is 0. The lowest BCUT2D eigenvalue weighted by Gasteiger charge is -2.26. The first-order valence-electron chi connectivity index (χ1n) is 10.7. The highest BCUT2D eigenvalue weighted by atomic mass is 16.6. The minimum absolute atomic E-state index is 0.108. The summed E-state index contributed by atoms with van der Waals surface area (Å²) in [4.78, 5) is 12.3. The summed E-state index contributed by atoms with van der Waals surface area (Å²) < 4.78 is 11.2. The molecular formula is C23H35NO4. The maximum absolute atomic E-state index is 12.3. The summed E-state index contributed by atoms with van der Waals surface area (Å²) in [5.41, 5.74) is 0.485. The molecule has 0 unspecified atom stereocenters. The van der Waals surface area contributed by atoms with E-state index in [2.05, 4.69) is 5.32 Å². The molecule has 0 aromatic heterocycles. The highest BCUT2D eigenvalue weighted by molar-refractivity contribution is 5.68. The Balaban J connectivity index is 1.59. The molecule has 1 saturated heterocycles. The van der Waals surface area contributed by atoms with Crippen LogP contribution in [0.5, 0.6) is 0 Å². The van der Waals surface area contributed by atoms with E-state index in [9.17, 15) is 9.90 Å². The van der Waals surface area contributed by atoms with Crippen molar-refractivity contribution in [3.8, 4) is 0 Å². The second-order valence-corrected chi connectivity index (χ2v) is 9.31. The molecule has 1 amide bonds. The van der Waals surface area contributed by atoms with Crippen LogP contribution >= 0.6 is 0 Å². The van der Waals surface area contributed by atoms with Crippen molar-refractivity contribution in [1.82, 2.24) is 5.32 Å². The van der Waals surface area contributed by atoms with Crippen molar-refractivity contribution in [3.63, 3.8) is 0 Å². The van der Waals surface area contributed by atoms with Crippen LogP contribution in [0.25, 0.3) is 0 Å². The molecule has 1 aliphatic carbocycles. The zero-order valence-corrected chi connectivity index (χ0v) is 17.4. The van der Waals surface area contributed by atoms with Gasteiger partial charge in [-0.1, -0.05) is 62.4 Å². The first-order chi connectivity index (χ1) is 13.3. The normalized spacial score (nSPS) is 25.0. The van der Waals surface area contributed by atoms with Crippen molar-refractivity contribution in [2.24, 2.45) is 5.92 Å². The Labute approximate surface area is 168 Å². The molecule has 5 heteroatoms. The van der Waals surface area contributed by atoms with Gasteiger partial charge in [0, 0.05) is 0 Å². The maximum atomic E-state index is 12.3. The lowest BCUT2D eigenvalue weighted by Crippen LogP contribution is -2.49. The Kier molecular flexibility index (Phi) is 7.00. The Morgan fingerprint density at radius 1 is 1.21 bits per heavy atom. The Hall–Kier alpha value is -1.59. The molecule has 0 bridgehead atoms. The highest BCUT2D eigenvalue weighted by Gasteiger charge is 2.48. The molecule has 2 aliphatic rings. The van der Waals surface area contributed by atoms with Crippen molar-refractivity contribution >= 4 is 6.09 Å². The summed E-state index contributed by atoms with van der Waals surface area (Å²) in [6.45, 7) is 5.50. The molecule has 0 spiro atoms. The van der Waals surface area contributed by atoms with E-state index in [1.165, 1.54) is 32.1 Å². The number of hydrogen-bond acceptors (Lipinski definition) is 4. The maximum Gasteiger partial charge on any atom is 0.407 e. The number of benzene rings is 1. The molecule has 1 aliphatic heterocycles. The van der Waals surface area contributed by atoms with Gasteiger partial charge in [0.25, 0.3) is 0 Å². The lowest BCUT2D eigenvalue weighted by molar-refractivity contribution is 0.0387. The third kappa shape index (κ3) is 6.49. The molecule has 28 heavy (non-hydrogen) atoms. The SMILES string of the molecule is CC(C)(C)OC(=O)N[C@@H](Cc1ccccc1)[C@H](O)[C@H]1O[C@@H]1CC1CCCCC1. The van der Waals surface area contributed by atoms with E-state index < -0.39 is 23.8 Å². The van der Waals surface area contributed by atoms with Gasteiger partial charge in [-0.15, -0.1) is 0 Å². The number of amides is 1. The second kappa shape index (κ2) is 9.27. The lowest BCUT2D eigenvalue weighted by atomic mass is 9.85. The van der Waals surface area contributed by atoms with Crippen molar-refractivity contribution in [3.05, 3.63) is 35.9 Å². The fourth-order valence-electron chi connectivity index (χ4n) is 4.21. The minimum atomic E-state index is -0.749. The molecule has 2 N–H and O–H groups in total. The number of ether oxygens (including phenoxy) is 2. The molecule has 1 saturated carbocycles. The molecule has 1 heterocycles. The first-order valence-corrected chi connectivity index (χ1v) is 10.7. The van der Waals surface area contributed by atoms with Gasteiger partial charge in [-0.05, 0) is 45.1 Å². The van der Waals surface area contributed by atoms with E-state index in [0.29, 0.717) is 12.3 Å². The third-order valence-electron chi connectivity index (χ3n) is 5.66. The van der Waals surface area contributed by atoms with E-state index in [-0.39, 0.29) is 12.2 Å². The molecule has 3 rings (SSSR count). The van der Waals surface area contributed by atoms with E-state index in [0.717, 1.165) is 12.0 Å². The van der Waals surface area contributed by atoms with Crippen molar-refractivity contribution in [1.29, 1.82) is 0 Å². The molecule has 5 nitrogen and oxygen atoms in total.